The van der Waals surface area contributed by atoms with Gasteiger partial charge in [-0.1, -0.05) is 18.2 Å². The Kier molecular flexibility index (Phi) is 4.66. The van der Waals surface area contributed by atoms with E-state index in [1.54, 1.807) is 34.6 Å². The van der Waals surface area contributed by atoms with Crippen LogP contribution in [-0.2, 0) is 11.3 Å². The number of hydrogen-bond acceptors (Lipinski definition) is 5. The van der Waals surface area contributed by atoms with E-state index in [0.717, 1.165) is 16.2 Å². The van der Waals surface area contributed by atoms with Gasteiger partial charge in [-0.05, 0) is 47.4 Å². The molecule has 0 aliphatic carbocycles. The van der Waals surface area contributed by atoms with Gasteiger partial charge >= 0.3 is 0 Å². The lowest BCUT2D eigenvalue weighted by atomic mass is 10.2. The zero-order valence-corrected chi connectivity index (χ0v) is 14.7. The SMILES string of the molecule is O=C(/C=C/c1ccc2c(c1)OCO2)N(Cc1cccs1)c1ccccn1. The molecule has 2 aromatic heterocycles. The standard InChI is InChI=1S/C20H16N2O3S/c23-20(9-7-15-6-8-17-18(12-15)25-14-24-17)22(13-16-4-3-11-26-16)19-5-1-2-10-21-19/h1-12H,13-14H2/b9-7+. The number of carbonyl (C=O) groups is 1. The number of amides is 1. The Hall–Kier alpha value is -3.12. The lowest BCUT2D eigenvalue weighted by Gasteiger charge is -2.19. The third-order valence-corrected chi connectivity index (χ3v) is 4.76. The van der Waals surface area contributed by atoms with E-state index in [2.05, 4.69) is 4.98 Å². The highest BCUT2D eigenvalue weighted by atomic mass is 32.1. The monoisotopic (exact) mass is 364 g/mol. The van der Waals surface area contributed by atoms with E-state index >= 15 is 0 Å². The molecule has 1 aliphatic rings. The summed E-state index contributed by atoms with van der Waals surface area (Å²) in [4.78, 5) is 19.9. The predicted molar refractivity (Wildman–Crippen MR) is 101 cm³/mol. The van der Waals surface area contributed by atoms with Gasteiger partial charge in [-0.2, -0.15) is 0 Å². The third-order valence-electron chi connectivity index (χ3n) is 3.90. The largest absolute Gasteiger partial charge is 0.454 e. The minimum absolute atomic E-state index is 0.130. The van der Waals surface area contributed by atoms with Crippen LogP contribution < -0.4 is 14.4 Å². The number of thiophene rings is 1. The van der Waals surface area contributed by atoms with Crippen LogP contribution in [0.3, 0.4) is 0 Å². The number of pyridine rings is 1. The van der Waals surface area contributed by atoms with Crippen molar-refractivity contribution in [1.29, 1.82) is 0 Å². The van der Waals surface area contributed by atoms with Crippen molar-refractivity contribution in [1.82, 2.24) is 4.98 Å². The maximum atomic E-state index is 12.8. The zero-order valence-electron chi connectivity index (χ0n) is 13.9. The first-order chi connectivity index (χ1) is 12.8. The van der Waals surface area contributed by atoms with E-state index in [1.165, 1.54) is 0 Å². The molecule has 3 aromatic rings. The Morgan fingerprint density at radius 1 is 1.15 bits per heavy atom. The van der Waals surface area contributed by atoms with Crippen LogP contribution in [0.25, 0.3) is 6.08 Å². The molecular weight excluding hydrogens is 348 g/mol. The summed E-state index contributed by atoms with van der Waals surface area (Å²) >= 11 is 1.62. The number of hydrogen-bond donors (Lipinski definition) is 0. The zero-order chi connectivity index (χ0) is 17.8. The van der Waals surface area contributed by atoms with Crippen LogP contribution >= 0.6 is 11.3 Å². The highest BCUT2D eigenvalue weighted by molar-refractivity contribution is 7.09. The van der Waals surface area contributed by atoms with Crippen LogP contribution in [0.15, 0.2) is 66.2 Å². The molecule has 3 heterocycles. The van der Waals surface area contributed by atoms with Gasteiger partial charge in [0.1, 0.15) is 5.82 Å². The van der Waals surface area contributed by atoms with Crippen molar-refractivity contribution in [2.75, 3.05) is 11.7 Å². The summed E-state index contributed by atoms with van der Waals surface area (Å²) in [6.07, 6.45) is 5.01. The minimum atomic E-state index is -0.130. The molecule has 1 amide bonds. The normalized spacial score (nSPS) is 12.5. The van der Waals surface area contributed by atoms with Gasteiger partial charge in [0.2, 0.25) is 6.79 Å². The second-order valence-electron chi connectivity index (χ2n) is 5.64. The maximum absolute atomic E-state index is 12.8. The molecule has 0 fully saturated rings. The maximum Gasteiger partial charge on any atom is 0.252 e. The number of fused-ring (bicyclic) bond motifs is 1. The number of aromatic nitrogens is 1. The summed E-state index contributed by atoms with van der Waals surface area (Å²) in [5.74, 6) is 1.91. The van der Waals surface area contributed by atoms with Crippen LogP contribution in [0.4, 0.5) is 5.82 Å². The Labute approximate surface area is 155 Å². The average molecular weight is 364 g/mol. The first-order valence-corrected chi connectivity index (χ1v) is 9.00. The van der Waals surface area contributed by atoms with E-state index in [4.69, 9.17) is 9.47 Å². The molecule has 0 atom stereocenters. The number of anilines is 1. The van der Waals surface area contributed by atoms with Gasteiger partial charge in [0.05, 0.1) is 6.54 Å². The summed E-state index contributed by atoms with van der Waals surface area (Å²) in [6, 6.07) is 15.1. The van der Waals surface area contributed by atoms with E-state index in [0.29, 0.717) is 18.1 Å². The Bertz CT molecular complexity index is 923. The first kappa shape index (κ1) is 16.4. The molecule has 4 rings (SSSR count). The second kappa shape index (κ2) is 7.41. The minimum Gasteiger partial charge on any atom is -0.454 e. The van der Waals surface area contributed by atoms with Crippen LogP contribution in [0.2, 0.25) is 0 Å². The van der Waals surface area contributed by atoms with Crippen LogP contribution in [0.1, 0.15) is 10.4 Å². The second-order valence-corrected chi connectivity index (χ2v) is 6.67. The fourth-order valence-electron chi connectivity index (χ4n) is 2.62. The lowest BCUT2D eigenvalue weighted by Crippen LogP contribution is -2.29. The van der Waals surface area contributed by atoms with Crippen molar-refractivity contribution in [2.45, 2.75) is 6.54 Å². The predicted octanol–water partition coefficient (Wildman–Crippen LogP) is 4.12. The molecule has 1 aliphatic heterocycles. The molecule has 0 N–H and O–H groups in total. The summed E-state index contributed by atoms with van der Waals surface area (Å²) in [5.41, 5.74) is 0.875. The Balaban J connectivity index is 1.56. The van der Waals surface area contributed by atoms with Gasteiger partial charge in [-0.3, -0.25) is 9.69 Å². The Morgan fingerprint density at radius 3 is 2.88 bits per heavy atom. The molecule has 26 heavy (non-hydrogen) atoms. The van der Waals surface area contributed by atoms with Gasteiger partial charge in [-0.25, -0.2) is 4.98 Å². The quantitative estimate of drug-likeness (QED) is 0.639. The number of benzene rings is 1. The topological polar surface area (TPSA) is 51.7 Å². The van der Waals surface area contributed by atoms with Crippen molar-refractivity contribution < 1.29 is 14.3 Å². The number of rotatable bonds is 5. The van der Waals surface area contributed by atoms with Crippen molar-refractivity contribution in [3.05, 3.63) is 76.6 Å². The molecule has 6 heteroatoms. The fourth-order valence-corrected chi connectivity index (χ4v) is 3.31. The van der Waals surface area contributed by atoms with E-state index < -0.39 is 0 Å². The molecule has 0 bridgehead atoms. The molecule has 0 saturated carbocycles. The molecule has 0 radical (unpaired) electrons. The van der Waals surface area contributed by atoms with Gasteiger partial charge in [0.25, 0.3) is 5.91 Å². The molecule has 0 saturated heterocycles. The molecule has 130 valence electrons. The van der Waals surface area contributed by atoms with Crippen molar-refractivity contribution >= 4 is 29.1 Å². The van der Waals surface area contributed by atoms with E-state index in [-0.39, 0.29) is 12.7 Å². The molecule has 0 unspecified atom stereocenters. The van der Waals surface area contributed by atoms with E-state index in [9.17, 15) is 4.79 Å². The smallest absolute Gasteiger partial charge is 0.252 e. The Morgan fingerprint density at radius 2 is 2.08 bits per heavy atom. The third kappa shape index (κ3) is 3.60. The summed E-state index contributed by atoms with van der Waals surface area (Å²) in [6.45, 7) is 0.717. The highest BCUT2D eigenvalue weighted by Crippen LogP contribution is 2.32. The lowest BCUT2D eigenvalue weighted by molar-refractivity contribution is -0.114. The number of ether oxygens (including phenoxy) is 2. The van der Waals surface area contributed by atoms with Gasteiger partial charge < -0.3 is 9.47 Å². The van der Waals surface area contributed by atoms with E-state index in [1.807, 2.05) is 53.9 Å². The molecule has 5 nitrogen and oxygen atoms in total. The summed E-state index contributed by atoms with van der Waals surface area (Å²) < 4.78 is 10.7. The average Bonchev–Trinajstić information content (AvgIpc) is 3.36. The summed E-state index contributed by atoms with van der Waals surface area (Å²) in [5, 5.41) is 2.00. The van der Waals surface area contributed by atoms with Crippen LogP contribution in [-0.4, -0.2) is 17.7 Å². The van der Waals surface area contributed by atoms with Crippen LogP contribution in [0.5, 0.6) is 11.5 Å². The molecule has 0 spiro atoms. The molecular formula is C20H16N2O3S. The highest BCUT2D eigenvalue weighted by Gasteiger charge is 2.16. The van der Waals surface area contributed by atoms with Gasteiger partial charge in [0.15, 0.2) is 11.5 Å². The molecule has 1 aromatic carbocycles. The first-order valence-electron chi connectivity index (χ1n) is 8.12. The van der Waals surface area contributed by atoms with Crippen molar-refractivity contribution in [3.8, 4) is 11.5 Å². The number of nitrogens with zero attached hydrogens (tertiary/aromatic N) is 2. The van der Waals surface area contributed by atoms with Gasteiger partial charge in [0, 0.05) is 17.2 Å². The van der Waals surface area contributed by atoms with Crippen molar-refractivity contribution in [2.24, 2.45) is 0 Å². The van der Waals surface area contributed by atoms with Crippen LogP contribution in [0, 0.1) is 0 Å². The fraction of sp³-hybridized carbons (Fsp3) is 0.100. The van der Waals surface area contributed by atoms with Gasteiger partial charge in [-0.15, -0.1) is 11.3 Å². The van der Waals surface area contributed by atoms with Crippen molar-refractivity contribution in [3.63, 3.8) is 0 Å². The number of carbonyl (C=O) groups excluding carboxylic acids is 1. The summed E-state index contributed by atoms with van der Waals surface area (Å²) in [7, 11) is 0.